The second kappa shape index (κ2) is 3.09. The summed E-state index contributed by atoms with van der Waals surface area (Å²) in [5.74, 6) is 3.36. The van der Waals surface area contributed by atoms with Crippen molar-refractivity contribution in [3.63, 3.8) is 0 Å². The Labute approximate surface area is 84.1 Å². The first kappa shape index (κ1) is 8.48. The molecule has 14 heavy (non-hydrogen) atoms. The van der Waals surface area contributed by atoms with Crippen LogP contribution in [-0.4, -0.2) is 29.5 Å². The predicted octanol–water partition coefficient (Wildman–Crippen LogP) is 1.79. The van der Waals surface area contributed by atoms with E-state index in [2.05, 4.69) is 9.88 Å². The molecule has 0 N–H and O–H groups in total. The van der Waals surface area contributed by atoms with Gasteiger partial charge in [0.25, 0.3) is 0 Å². The van der Waals surface area contributed by atoms with Gasteiger partial charge in [-0.1, -0.05) is 0 Å². The van der Waals surface area contributed by atoms with Crippen LogP contribution in [0, 0.1) is 12.8 Å². The van der Waals surface area contributed by atoms with Crippen molar-refractivity contribution >= 4 is 0 Å². The number of oxazole rings is 1. The molecule has 0 aliphatic carbocycles. The van der Waals surface area contributed by atoms with Gasteiger partial charge in [-0.05, 0) is 31.8 Å². The van der Waals surface area contributed by atoms with Gasteiger partial charge in [0.15, 0.2) is 5.89 Å². The normalized spacial score (nSPS) is 36.2. The lowest BCUT2D eigenvalue weighted by Crippen LogP contribution is -2.46. The van der Waals surface area contributed by atoms with Crippen molar-refractivity contribution in [1.82, 2.24) is 9.88 Å². The van der Waals surface area contributed by atoms with Gasteiger partial charge in [-0.15, -0.1) is 0 Å². The van der Waals surface area contributed by atoms with Gasteiger partial charge in [-0.2, -0.15) is 0 Å². The molecule has 3 heteroatoms. The van der Waals surface area contributed by atoms with Gasteiger partial charge < -0.3 is 9.32 Å². The lowest BCUT2D eigenvalue weighted by atomic mass is 9.78. The summed E-state index contributed by atoms with van der Waals surface area (Å²) in [6.07, 6.45) is 4.59. The van der Waals surface area contributed by atoms with Crippen molar-refractivity contribution in [3.05, 3.63) is 17.8 Å². The highest BCUT2D eigenvalue weighted by atomic mass is 16.4. The van der Waals surface area contributed by atoms with Crippen LogP contribution in [0.2, 0.25) is 0 Å². The third-order valence-corrected chi connectivity index (χ3v) is 3.66. The molecule has 4 heterocycles. The molecule has 3 aliphatic rings. The number of hydrogen-bond donors (Lipinski definition) is 0. The molecule has 3 saturated heterocycles. The van der Waals surface area contributed by atoms with Crippen LogP contribution in [0.4, 0.5) is 0 Å². The number of aromatic nitrogens is 1. The summed E-state index contributed by atoms with van der Waals surface area (Å²) in [6.45, 7) is 5.67. The summed E-state index contributed by atoms with van der Waals surface area (Å²) in [6, 6.07) is 0. The quantitative estimate of drug-likeness (QED) is 0.679. The average Bonchev–Trinajstić information content (AvgIpc) is 2.66. The molecule has 0 aromatic carbocycles. The van der Waals surface area contributed by atoms with Crippen LogP contribution >= 0.6 is 0 Å². The van der Waals surface area contributed by atoms with E-state index in [1.165, 1.54) is 32.5 Å². The Morgan fingerprint density at radius 1 is 1.43 bits per heavy atom. The Hall–Kier alpha value is -0.830. The number of aryl methyl sites for hydroxylation is 1. The van der Waals surface area contributed by atoms with Crippen molar-refractivity contribution in [2.24, 2.45) is 5.92 Å². The summed E-state index contributed by atoms with van der Waals surface area (Å²) in [5.41, 5.74) is 0. The minimum absolute atomic E-state index is 0.610. The third-order valence-electron chi connectivity index (χ3n) is 3.66. The summed E-state index contributed by atoms with van der Waals surface area (Å²) in [4.78, 5) is 6.73. The van der Waals surface area contributed by atoms with E-state index in [9.17, 15) is 0 Å². The zero-order valence-electron chi connectivity index (χ0n) is 8.57. The van der Waals surface area contributed by atoms with Crippen molar-refractivity contribution in [2.75, 3.05) is 19.6 Å². The molecule has 1 atom stereocenters. The average molecular weight is 192 g/mol. The number of hydrogen-bond acceptors (Lipinski definition) is 3. The second-order valence-corrected chi connectivity index (χ2v) is 4.53. The molecule has 3 nitrogen and oxygen atoms in total. The molecule has 3 aliphatic heterocycles. The fourth-order valence-electron chi connectivity index (χ4n) is 2.84. The zero-order chi connectivity index (χ0) is 9.54. The van der Waals surface area contributed by atoms with Crippen LogP contribution < -0.4 is 0 Å². The molecule has 4 rings (SSSR count). The Bertz CT molecular complexity index is 326. The van der Waals surface area contributed by atoms with Gasteiger partial charge in [0.2, 0.25) is 0 Å². The highest BCUT2D eigenvalue weighted by Crippen LogP contribution is 2.38. The molecule has 1 aromatic rings. The standard InChI is InChI=1S/C11H16N2O/c1-8-12-6-11(14-8)10-7-13-4-2-9(10)3-5-13/h6,9-10H,2-5,7H2,1H3. The topological polar surface area (TPSA) is 29.3 Å². The van der Waals surface area contributed by atoms with Gasteiger partial charge in [0.05, 0.1) is 6.20 Å². The van der Waals surface area contributed by atoms with E-state index < -0.39 is 0 Å². The molecule has 1 unspecified atom stereocenters. The van der Waals surface area contributed by atoms with E-state index in [0.717, 1.165) is 17.6 Å². The van der Waals surface area contributed by atoms with Crippen LogP contribution in [0.5, 0.6) is 0 Å². The number of rotatable bonds is 1. The van der Waals surface area contributed by atoms with E-state index >= 15 is 0 Å². The highest BCUT2D eigenvalue weighted by Gasteiger charge is 2.36. The maximum absolute atomic E-state index is 5.64. The van der Waals surface area contributed by atoms with E-state index in [4.69, 9.17) is 4.42 Å². The SMILES string of the molecule is Cc1ncc(C2CN3CCC2CC3)o1. The van der Waals surface area contributed by atoms with Gasteiger partial charge in [-0.3, -0.25) is 0 Å². The van der Waals surface area contributed by atoms with Crippen molar-refractivity contribution < 1.29 is 4.42 Å². The first-order valence-corrected chi connectivity index (χ1v) is 5.47. The predicted molar refractivity (Wildman–Crippen MR) is 53.1 cm³/mol. The molecule has 0 amide bonds. The molecular formula is C11H16N2O. The monoisotopic (exact) mass is 192 g/mol. The molecule has 0 radical (unpaired) electrons. The first-order chi connectivity index (χ1) is 6.83. The summed E-state index contributed by atoms with van der Waals surface area (Å²) >= 11 is 0. The Morgan fingerprint density at radius 2 is 2.21 bits per heavy atom. The van der Waals surface area contributed by atoms with Gasteiger partial charge >= 0.3 is 0 Å². The minimum Gasteiger partial charge on any atom is -0.446 e. The molecule has 0 saturated carbocycles. The highest BCUT2D eigenvalue weighted by molar-refractivity contribution is 5.08. The minimum atomic E-state index is 0.610. The second-order valence-electron chi connectivity index (χ2n) is 4.53. The lowest BCUT2D eigenvalue weighted by Gasteiger charge is -2.43. The first-order valence-electron chi connectivity index (χ1n) is 5.47. The van der Waals surface area contributed by atoms with E-state index in [1.807, 2.05) is 13.1 Å². The van der Waals surface area contributed by atoms with Crippen molar-refractivity contribution in [2.45, 2.75) is 25.7 Å². The van der Waals surface area contributed by atoms with Crippen LogP contribution in [0.1, 0.15) is 30.4 Å². The maximum atomic E-state index is 5.64. The molecule has 0 spiro atoms. The van der Waals surface area contributed by atoms with Gasteiger partial charge in [-0.25, -0.2) is 4.98 Å². The molecule has 76 valence electrons. The van der Waals surface area contributed by atoms with Crippen LogP contribution in [0.15, 0.2) is 10.6 Å². The molecule has 2 bridgehead atoms. The Balaban J connectivity index is 1.85. The number of fused-ring (bicyclic) bond motifs is 3. The summed E-state index contributed by atoms with van der Waals surface area (Å²) < 4.78 is 5.64. The Morgan fingerprint density at radius 3 is 2.71 bits per heavy atom. The largest absolute Gasteiger partial charge is 0.446 e. The Kier molecular flexibility index (Phi) is 1.87. The molecule has 1 aromatic heterocycles. The maximum Gasteiger partial charge on any atom is 0.191 e. The fourth-order valence-corrected chi connectivity index (χ4v) is 2.84. The lowest BCUT2D eigenvalue weighted by molar-refractivity contribution is 0.0776. The van der Waals surface area contributed by atoms with E-state index in [0.29, 0.717) is 5.92 Å². The summed E-state index contributed by atoms with van der Waals surface area (Å²) in [5, 5.41) is 0. The van der Waals surface area contributed by atoms with Gasteiger partial charge in [0, 0.05) is 19.4 Å². The van der Waals surface area contributed by atoms with E-state index in [-0.39, 0.29) is 0 Å². The zero-order valence-corrected chi connectivity index (χ0v) is 8.57. The van der Waals surface area contributed by atoms with Crippen molar-refractivity contribution in [1.29, 1.82) is 0 Å². The molecule has 3 fully saturated rings. The van der Waals surface area contributed by atoms with Crippen LogP contribution in [-0.2, 0) is 0 Å². The van der Waals surface area contributed by atoms with E-state index in [1.54, 1.807) is 0 Å². The van der Waals surface area contributed by atoms with Crippen LogP contribution in [0.25, 0.3) is 0 Å². The number of piperidine rings is 3. The van der Waals surface area contributed by atoms with Gasteiger partial charge in [0.1, 0.15) is 5.76 Å². The fraction of sp³-hybridized carbons (Fsp3) is 0.727. The molecular weight excluding hydrogens is 176 g/mol. The smallest absolute Gasteiger partial charge is 0.191 e. The third kappa shape index (κ3) is 1.27. The summed E-state index contributed by atoms with van der Waals surface area (Å²) in [7, 11) is 0. The van der Waals surface area contributed by atoms with Crippen LogP contribution in [0.3, 0.4) is 0 Å². The number of nitrogens with zero attached hydrogens (tertiary/aromatic N) is 2. The van der Waals surface area contributed by atoms with Crippen molar-refractivity contribution in [3.8, 4) is 0 Å².